The van der Waals surface area contributed by atoms with Crippen LogP contribution >= 0.6 is 0 Å². The monoisotopic (exact) mass is 269 g/mol. The Bertz CT molecular complexity index is 607. The number of methoxy groups -OCH3 is 1. The summed E-state index contributed by atoms with van der Waals surface area (Å²) in [5, 5.41) is 14.4. The highest BCUT2D eigenvalue weighted by Gasteiger charge is 2.34. The number of oxime groups is 1. The topological polar surface area (TPSA) is 51.0 Å². The SMILES string of the molecule is COc1ccc(C2=NO[C@@H](c3ccccc3)[C@@H]2O)cc1. The van der Waals surface area contributed by atoms with E-state index in [1.54, 1.807) is 7.11 Å². The van der Waals surface area contributed by atoms with Gasteiger partial charge in [0, 0.05) is 5.56 Å². The lowest BCUT2D eigenvalue weighted by Gasteiger charge is -2.14. The first-order valence-corrected chi connectivity index (χ1v) is 6.41. The summed E-state index contributed by atoms with van der Waals surface area (Å²) in [7, 11) is 1.62. The molecule has 102 valence electrons. The summed E-state index contributed by atoms with van der Waals surface area (Å²) in [6.45, 7) is 0. The molecule has 2 aromatic rings. The maximum atomic E-state index is 10.4. The molecule has 4 heteroatoms. The van der Waals surface area contributed by atoms with Crippen LogP contribution in [0, 0.1) is 0 Å². The fraction of sp³-hybridized carbons (Fsp3) is 0.188. The van der Waals surface area contributed by atoms with Crippen LogP contribution in [0.25, 0.3) is 0 Å². The Morgan fingerprint density at radius 3 is 2.40 bits per heavy atom. The number of rotatable bonds is 3. The highest BCUT2D eigenvalue weighted by Crippen LogP contribution is 2.30. The van der Waals surface area contributed by atoms with Gasteiger partial charge < -0.3 is 14.7 Å². The molecule has 1 heterocycles. The van der Waals surface area contributed by atoms with Gasteiger partial charge in [-0.3, -0.25) is 0 Å². The largest absolute Gasteiger partial charge is 0.497 e. The summed E-state index contributed by atoms with van der Waals surface area (Å²) in [5.41, 5.74) is 2.28. The van der Waals surface area contributed by atoms with Gasteiger partial charge in [-0.05, 0) is 29.8 Å². The van der Waals surface area contributed by atoms with Crippen molar-refractivity contribution in [2.24, 2.45) is 5.16 Å². The first-order valence-electron chi connectivity index (χ1n) is 6.41. The van der Waals surface area contributed by atoms with E-state index in [9.17, 15) is 5.11 Å². The van der Waals surface area contributed by atoms with Gasteiger partial charge in [0.15, 0.2) is 6.10 Å². The molecule has 0 bridgehead atoms. The van der Waals surface area contributed by atoms with Gasteiger partial charge in [-0.2, -0.15) is 0 Å². The van der Waals surface area contributed by atoms with Crippen molar-refractivity contribution in [3.8, 4) is 5.75 Å². The van der Waals surface area contributed by atoms with Gasteiger partial charge in [0.05, 0.1) is 7.11 Å². The van der Waals surface area contributed by atoms with E-state index in [0.717, 1.165) is 16.9 Å². The lowest BCUT2D eigenvalue weighted by Crippen LogP contribution is -2.23. The molecule has 4 nitrogen and oxygen atoms in total. The van der Waals surface area contributed by atoms with Gasteiger partial charge in [0.25, 0.3) is 0 Å². The van der Waals surface area contributed by atoms with E-state index >= 15 is 0 Å². The Balaban J connectivity index is 1.82. The minimum absolute atomic E-state index is 0.451. The van der Waals surface area contributed by atoms with Crippen LogP contribution in [0.5, 0.6) is 5.75 Å². The van der Waals surface area contributed by atoms with Gasteiger partial charge in [0.1, 0.15) is 17.6 Å². The lowest BCUT2D eigenvalue weighted by atomic mass is 9.97. The Morgan fingerprint density at radius 1 is 1.05 bits per heavy atom. The first kappa shape index (κ1) is 12.7. The van der Waals surface area contributed by atoms with Crippen LogP contribution < -0.4 is 4.74 Å². The molecule has 0 spiro atoms. The molecule has 0 radical (unpaired) electrons. The average Bonchev–Trinajstić information content (AvgIpc) is 2.90. The molecule has 0 saturated heterocycles. The second kappa shape index (κ2) is 5.35. The van der Waals surface area contributed by atoms with Crippen molar-refractivity contribution < 1.29 is 14.7 Å². The molecule has 0 fully saturated rings. The van der Waals surface area contributed by atoms with E-state index in [4.69, 9.17) is 9.57 Å². The maximum Gasteiger partial charge on any atom is 0.184 e. The van der Waals surface area contributed by atoms with Crippen molar-refractivity contribution in [1.29, 1.82) is 0 Å². The predicted octanol–water partition coefficient (Wildman–Crippen LogP) is 2.53. The van der Waals surface area contributed by atoms with E-state index in [0.29, 0.717) is 5.71 Å². The van der Waals surface area contributed by atoms with Crippen LogP contribution in [0.3, 0.4) is 0 Å². The Labute approximate surface area is 117 Å². The molecular formula is C16H15NO3. The number of nitrogens with zero attached hydrogens (tertiary/aromatic N) is 1. The van der Waals surface area contributed by atoms with Crippen LogP contribution in [0.1, 0.15) is 17.2 Å². The lowest BCUT2D eigenvalue weighted by molar-refractivity contribution is 0.0206. The second-order valence-electron chi connectivity index (χ2n) is 4.59. The molecule has 20 heavy (non-hydrogen) atoms. The third kappa shape index (κ3) is 2.26. The van der Waals surface area contributed by atoms with Gasteiger partial charge in [0.2, 0.25) is 0 Å². The summed E-state index contributed by atoms with van der Waals surface area (Å²) in [6.07, 6.45) is -1.22. The van der Waals surface area contributed by atoms with Crippen molar-refractivity contribution >= 4 is 5.71 Å². The molecule has 3 rings (SSSR count). The van der Waals surface area contributed by atoms with E-state index in [1.165, 1.54) is 0 Å². The smallest absolute Gasteiger partial charge is 0.184 e. The van der Waals surface area contributed by atoms with Crippen molar-refractivity contribution in [1.82, 2.24) is 0 Å². The summed E-state index contributed by atoms with van der Waals surface area (Å²) in [6, 6.07) is 17.0. The zero-order valence-corrected chi connectivity index (χ0v) is 11.1. The molecule has 0 amide bonds. The number of aliphatic hydroxyl groups is 1. The fourth-order valence-electron chi connectivity index (χ4n) is 2.24. The molecule has 0 saturated carbocycles. The third-order valence-corrected chi connectivity index (χ3v) is 3.35. The van der Waals surface area contributed by atoms with E-state index in [2.05, 4.69) is 5.16 Å². The van der Waals surface area contributed by atoms with E-state index in [-0.39, 0.29) is 0 Å². The fourth-order valence-corrected chi connectivity index (χ4v) is 2.24. The van der Waals surface area contributed by atoms with Crippen molar-refractivity contribution in [2.45, 2.75) is 12.2 Å². The highest BCUT2D eigenvalue weighted by atomic mass is 16.7. The molecular weight excluding hydrogens is 254 g/mol. The summed E-state index contributed by atoms with van der Waals surface area (Å²) in [5.74, 6) is 0.766. The second-order valence-corrected chi connectivity index (χ2v) is 4.59. The van der Waals surface area contributed by atoms with Gasteiger partial charge in [-0.15, -0.1) is 0 Å². The number of aliphatic hydroxyl groups excluding tert-OH is 1. The van der Waals surface area contributed by atoms with Crippen molar-refractivity contribution in [3.05, 3.63) is 65.7 Å². The molecule has 1 aliphatic heterocycles. The zero-order chi connectivity index (χ0) is 13.9. The number of benzene rings is 2. The maximum absolute atomic E-state index is 10.4. The summed E-state index contributed by atoms with van der Waals surface area (Å²) < 4.78 is 5.12. The minimum atomic E-state index is -0.772. The number of hydrogen-bond donors (Lipinski definition) is 1. The molecule has 1 aliphatic rings. The molecule has 2 aromatic carbocycles. The van der Waals surface area contributed by atoms with E-state index < -0.39 is 12.2 Å². The van der Waals surface area contributed by atoms with Crippen molar-refractivity contribution in [2.75, 3.05) is 7.11 Å². The molecule has 1 N–H and O–H groups in total. The molecule has 0 aliphatic carbocycles. The quantitative estimate of drug-likeness (QED) is 0.931. The summed E-state index contributed by atoms with van der Waals surface area (Å²) >= 11 is 0. The number of hydrogen-bond acceptors (Lipinski definition) is 4. The van der Waals surface area contributed by atoms with Crippen LogP contribution in [0.2, 0.25) is 0 Å². The Hall–Kier alpha value is -2.33. The molecule has 0 unspecified atom stereocenters. The van der Waals surface area contributed by atoms with Gasteiger partial charge in [-0.25, -0.2) is 0 Å². The van der Waals surface area contributed by atoms with Crippen molar-refractivity contribution in [3.63, 3.8) is 0 Å². The average molecular weight is 269 g/mol. The van der Waals surface area contributed by atoms with Gasteiger partial charge in [-0.1, -0.05) is 35.5 Å². The molecule has 0 aromatic heterocycles. The zero-order valence-electron chi connectivity index (χ0n) is 11.1. The predicted molar refractivity (Wildman–Crippen MR) is 75.8 cm³/mol. The molecule has 2 atom stereocenters. The normalized spacial score (nSPS) is 21.2. The Morgan fingerprint density at radius 2 is 1.75 bits per heavy atom. The third-order valence-electron chi connectivity index (χ3n) is 3.35. The first-order chi connectivity index (χ1) is 9.79. The van der Waals surface area contributed by atoms with Crippen LogP contribution in [0.15, 0.2) is 59.8 Å². The highest BCUT2D eigenvalue weighted by molar-refractivity contribution is 6.04. The van der Waals surface area contributed by atoms with Gasteiger partial charge >= 0.3 is 0 Å². The minimum Gasteiger partial charge on any atom is -0.497 e. The van der Waals surface area contributed by atoms with Crippen LogP contribution in [0.4, 0.5) is 0 Å². The standard InChI is InChI=1S/C16H15NO3/c1-19-13-9-7-11(8-10-13)14-15(18)16(20-17-14)12-5-3-2-4-6-12/h2-10,15-16,18H,1H3/t15-,16+/m1/s1. The van der Waals surface area contributed by atoms with Crippen LogP contribution in [-0.4, -0.2) is 24.0 Å². The van der Waals surface area contributed by atoms with E-state index in [1.807, 2.05) is 54.6 Å². The Kier molecular flexibility index (Phi) is 3.39. The van der Waals surface area contributed by atoms with Crippen LogP contribution in [-0.2, 0) is 4.84 Å². The summed E-state index contributed by atoms with van der Waals surface area (Å²) in [4.78, 5) is 5.38. The number of ether oxygens (including phenoxy) is 1.